The van der Waals surface area contributed by atoms with Crippen molar-refractivity contribution in [3.05, 3.63) is 58.8 Å². The summed E-state index contributed by atoms with van der Waals surface area (Å²) >= 11 is 6.04. The fraction of sp³-hybridized carbons (Fsp3) is 0.333. The van der Waals surface area contributed by atoms with E-state index in [1.807, 2.05) is 0 Å². The highest BCUT2D eigenvalue weighted by Crippen LogP contribution is 2.29. The number of rotatable bonds is 7. The van der Waals surface area contributed by atoms with Gasteiger partial charge in [-0.1, -0.05) is 23.3 Å². The Bertz CT molecular complexity index is 819. The van der Waals surface area contributed by atoms with Gasteiger partial charge in [0.15, 0.2) is 0 Å². The number of methoxy groups -OCH3 is 1. The first-order valence-corrected chi connectivity index (χ1v) is 9.56. The van der Waals surface area contributed by atoms with Crippen LogP contribution in [0.15, 0.2) is 48.2 Å². The zero-order valence-electron chi connectivity index (χ0n) is 15.4. The van der Waals surface area contributed by atoms with E-state index in [4.69, 9.17) is 16.3 Å². The van der Waals surface area contributed by atoms with Crippen LogP contribution < -0.4 is 15.4 Å². The number of hydrogen-bond acceptors (Lipinski definition) is 4. The second-order valence-corrected chi connectivity index (χ2v) is 6.95. The molecule has 0 saturated carbocycles. The molecule has 0 spiro atoms. The van der Waals surface area contributed by atoms with Crippen LogP contribution in [0.3, 0.4) is 0 Å². The minimum Gasteiger partial charge on any atom is -0.495 e. The molecule has 2 N–H and O–H groups in total. The van der Waals surface area contributed by atoms with Gasteiger partial charge in [0.05, 0.1) is 18.4 Å². The third-order valence-corrected chi connectivity index (χ3v) is 4.80. The lowest BCUT2D eigenvalue weighted by molar-refractivity contribution is 0.0953. The van der Waals surface area contributed by atoms with E-state index in [0.29, 0.717) is 28.7 Å². The minimum absolute atomic E-state index is 0.106. The SMILES string of the molecule is COc1ccc(Cl)cc1Nc1ccc(C(=O)NCCC2=CCCCC2)cn1. The Hall–Kier alpha value is -2.53. The fourth-order valence-corrected chi connectivity index (χ4v) is 3.26. The molecule has 0 aliphatic heterocycles. The highest BCUT2D eigenvalue weighted by molar-refractivity contribution is 6.31. The molecule has 142 valence electrons. The Morgan fingerprint density at radius 3 is 2.85 bits per heavy atom. The van der Waals surface area contributed by atoms with Crippen molar-refractivity contribution in [3.63, 3.8) is 0 Å². The summed E-state index contributed by atoms with van der Waals surface area (Å²) in [5, 5.41) is 6.72. The average molecular weight is 386 g/mol. The van der Waals surface area contributed by atoms with E-state index in [1.165, 1.54) is 24.8 Å². The lowest BCUT2D eigenvalue weighted by Gasteiger charge is -2.13. The number of nitrogens with one attached hydrogen (secondary N) is 2. The summed E-state index contributed by atoms with van der Waals surface area (Å²) in [6.45, 7) is 0.657. The molecule has 3 rings (SSSR count). The molecule has 0 bridgehead atoms. The van der Waals surface area contributed by atoms with Crippen LogP contribution in [-0.2, 0) is 0 Å². The first-order chi connectivity index (χ1) is 13.2. The topological polar surface area (TPSA) is 63.2 Å². The molecule has 0 radical (unpaired) electrons. The van der Waals surface area contributed by atoms with E-state index in [9.17, 15) is 4.79 Å². The van der Waals surface area contributed by atoms with E-state index in [1.54, 1.807) is 43.6 Å². The highest BCUT2D eigenvalue weighted by atomic mass is 35.5. The Balaban J connectivity index is 1.56. The van der Waals surface area contributed by atoms with E-state index in [2.05, 4.69) is 21.7 Å². The lowest BCUT2D eigenvalue weighted by atomic mass is 9.97. The van der Waals surface area contributed by atoms with Crippen LogP contribution >= 0.6 is 11.6 Å². The molecule has 0 fully saturated rings. The van der Waals surface area contributed by atoms with Gasteiger partial charge < -0.3 is 15.4 Å². The number of benzene rings is 1. The normalized spacial score (nSPS) is 13.6. The Labute approximate surface area is 164 Å². The third kappa shape index (κ3) is 5.47. The number of anilines is 2. The molecule has 1 amide bonds. The predicted molar refractivity (Wildman–Crippen MR) is 109 cm³/mol. The van der Waals surface area contributed by atoms with Crippen LogP contribution in [0, 0.1) is 0 Å². The van der Waals surface area contributed by atoms with Gasteiger partial charge in [-0.15, -0.1) is 0 Å². The van der Waals surface area contributed by atoms with E-state index in [0.717, 1.165) is 18.5 Å². The van der Waals surface area contributed by atoms with Crippen molar-refractivity contribution in [1.29, 1.82) is 0 Å². The number of amides is 1. The minimum atomic E-state index is -0.106. The van der Waals surface area contributed by atoms with Crippen molar-refractivity contribution in [1.82, 2.24) is 10.3 Å². The van der Waals surface area contributed by atoms with Gasteiger partial charge in [0.25, 0.3) is 5.91 Å². The predicted octanol–water partition coefficient (Wildman–Crippen LogP) is 5.11. The van der Waals surface area contributed by atoms with Crippen LogP contribution in [-0.4, -0.2) is 24.5 Å². The Morgan fingerprint density at radius 1 is 1.26 bits per heavy atom. The molecular weight excluding hydrogens is 362 g/mol. The summed E-state index contributed by atoms with van der Waals surface area (Å²) in [4.78, 5) is 16.6. The maximum atomic E-state index is 12.3. The van der Waals surface area contributed by atoms with Crippen LogP contribution in [0.5, 0.6) is 5.75 Å². The van der Waals surface area contributed by atoms with Crippen molar-refractivity contribution < 1.29 is 9.53 Å². The molecule has 0 saturated heterocycles. The third-order valence-electron chi connectivity index (χ3n) is 4.57. The van der Waals surface area contributed by atoms with Gasteiger partial charge in [0.1, 0.15) is 11.6 Å². The monoisotopic (exact) mass is 385 g/mol. The zero-order chi connectivity index (χ0) is 19.1. The van der Waals surface area contributed by atoms with Crippen molar-refractivity contribution in [2.24, 2.45) is 0 Å². The Morgan fingerprint density at radius 2 is 2.15 bits per heavy atom. The molecule has 0 atom stereocenters. The summed E-state index contributed by atoms with van der Waals surface area (Å²) in [6.07, 6.45) is 9.66. The quantitative estimate of drug-likeness (QED) is 0.650. The molecule has 1 heterocycles. The molecule has 2 aromatic rings. The van der Waals surface area contributed by atoms with E-state index in [-0.39, 0.29) is 5.91 Å². The summed E-state index contributed by atoms with van der Waals surface area (Å²) in [6, 6.07) is 8.83. The smallest absolute Gasteiger partial charge is 0.252 e. The van der Waals surface area contributed by atoms with Crippen LogP contribution in [0.25, 0.3) is 0 Å². The maximum absolute atomic E-state index is 12.3. The van der Waals surface area contributed by atoms with E-state index >= 15 is 0 Å². The summed E-state index contributed by atoms with van der Waals surface area (Å²) < 4.78 is 5.31. The number of hydrogen-bond donors (Lipinski definition) is 2. The van der Waals surface area contributed by atoms with Gasteiger partial charge in [0, 0.05) is 17.8 Å². The number of allylic oxidation sites excluding steroid dienone is 1. The number of carbonyl (C=O) groups excluding carboxylic acids is 1. The molecule has 0 unspecified atom stereocenters. The number of pyridine rings is 1. The Kier molecular flexibility index (Phi) is 6.71. The largest absolute Gasteiger partial charge is 0.495 e. The van der Waals surface area contributed by atoms with Crippen LogP contribution in [0.4, 0.5) is 11.5 Å². The van der Waals surface area contributed by atoms with Gasteiger partial charge in [-0.2, -0.15) is 0 Å². The summed E-state index contributed by atoms with van der Waals surface area (Å²) in [5.41, 5.74) is 2.71. The van der Waals surface area contributed by atoms with Crippen molar-refractivity contribution in [2.75, 3.05) is 19.0 Å². The van der Waals surface area contributed by atoms with Crippen molar-refractivity contribution >= 4 is 29.0 Å². The summed E-state index contributed by atoms with van der Waals surface area (Å²) in [7, 11) is 1.60. The first-order valence-electron chi connectivity index (χ1n) is 9.18. The van der Waals surface area contributed by atoms with Crippen molar-refractivity contribution in [3.8, 4) is 5.75 Å². The molecule has 5 nitrogen and oxygen atoms in total. The molecule has 6 heteroatoms. The first kappa shape index (κ1) is 19.2. The van der Waals surface area contributed by atoms with Crippen LogP contribution in [0.1, 0.15) is 42.5 Å². The standard InChI is InChI=1S/C21H24ClN3O2/c1-27-19-9-8-17(22)13-18(19)25-20-10-7-16(14-24-20)21(26)23-12-11-15-5-3-2-4-6-15/h5,7-10,13-14H,2-4,6,11-12H2,1H3,(H,23,26)(H,24,25). The van der Waals surface area contributed by atoms with E-state index < -0.39 is 0 Å². The fourth-order valence-electron chi connectivity index (χ4n) is 3.09. The van der Waals surface area contributed by atoms with Crippen molar-refractivity contribution in [2.45, 2.75) is 32.1 Å². The molecular formula is C21H24ClN3O2. The lowest BCUT2D eigenvalue weighted by Crippen LogP contribution is -2.25. The number of aromatic nitrogens is 1. The maximum Gasteiger partial charge on any atom is 0.252 e. The zero-order valence-corrected chi connectivity index (χ0v) is 16.2. The molecule has 1 aliphatic rings. The number of nitrogens with zero attached hydrogens (tertiary/aromatic N) is 1. The molecule has 1 aliphatic carbocycles. The average Bonchev–Trinajstić information content (AvgIpc) is 2.69. The van der Waals surface area contributed by atoms with Gasteiger partial charge in [-0.25, -0.2) is 4.98 Å². The second-order valence-electron chi connectivity index (χ2n) is 6.52. The number of halogens is 1. The highest BCUT2D eigenvalue weighted by Gasteiger charge is 2.09. The summed E-state index contributed by atoms with van der Waals surface area (Å²) in [5.74, 6) is 1.17. The number of carbonyl (C=O) groups is 1. The van der Waals surface area contributed by atoms with Gasteiger partial charge in [0.2, 0.25) is 0 Å². The second kappa shape index (κ2) is 9.42. The molecule has 1 aromatic heterocycles. The van der Waals surface area contributed by atoms with Gasteiger partial charge >= 0.3 is 0 Å². The molecule has 27 heavy (non-hydrogen) atoms. The molecule has 1 aromatic carbocycles. The number of ether oxygens (including phenoxy) is 1. The van der Waals surface area contributed by atoms with Crippen LogP contribution in [0.2, 0.25) is 5.02 Å². The van der Waals surface area contributed by atoms with Gasteiger partial charge in [-0.3, -0.25) is 4.79 Å². The van der Waals surface area contributed by atoms with Gasteiger partial charge in [-0.05, 0) is 62.4 Å².